The molecule has 128 valence electrons. The van der Waals surface area contributed by atoms with E-state index < -0.39 is 0 Å². The van der Waals surface area contributed by atoms with E-state index in [4.69, 9.17) is 4.74 Å². The summed E-state index contributed by atoms with van der Waals surface area (Å²) in [6.45, 7) is 4.98. The van der Waals surface area contributed by atoms with Crippen molar-refractivity contribution in [2.45, 2.75) is 6.42 Å². The number of rotatable bonds is 6. The van der Waals surface area contributed by atoms with E-state index in [1.807, 2.05) is 24.4 Å². The molecule has 1 saturated heterocycles. The van der Waals surface area contributed by atoms with E-state index in [0.29, 0.717) is 5.95 Å². The summed E-state index contributed by atoms with van der Waals surface area (Å²) in [5.74, 6) is 2.58. The number of nitrogens with zero attached hydrogens (tertiary/aromatic N) is 4. The molecule has 0 radical (unpaired) electrons. The highest BCUT2D eigenvalue weighted by atomic mass is 16.5. The van der Waals surface area contributed by atoms with Crippen LogP contribution in [0, 0.1) is 0 Å². The van der Waals surface area contributed by atoms with Gasteiger partial charge in [0.1, 0.15) is 11.6 Å². The number of aromatic nitrogens is 2. The van der Waals surface area contributed by atoms with Gasteiger partial charge in [0.15, 0.2) is 0 Å². The number of benzene rings is 1. The highest BCUT2D eigenvalue weighted by molar-refractivity contribution is 5.43. The van der Waals surface area contributed by atoms with Crippen molar-refractivity contribution in [3.05, 3.63) is 42.1 Å². The molecule has 0 atom stereocenters. The maximum Gasteiger partial charge on any atom is 0.224 e. The number of anilines is 2. The summed E-state index contributed by atoms with van der Waals surface area (Å²) in [4.78, 5) is 13.6. The fourth-order valence-corrected chi connectivity index (χ4v) is 2.76. The second kappa shape index (κ2) is 7.97. The zero-order chi connectivity index (χ0) is 16.8. The Morgan fingerprint density at radius 1 is 1.08 bits per heavy atom. The summed E-state index contributed by atoms with van der Waals surface area (Å²) in [5, 5.41) is 3.32. The molecule has 2 heterocycles. The predicted molar refractivity (Wildman–Crippen MR) is 96.9 cm³/mol. The number of methoxy groups -OCH3 is 1. The summed E-state index contributed by atoms with van der Waals surface area (Å²) in [6, 6.07) is 10.1. The van der Waals surface area contributed by atoms with Crippen molar-refractivity contribution in [3.8, 4) is 5.75 Å². The lowest BCUT2D eigenvalue weighted by Gasteiger charge is -2.33. The number of hydrogen-bond acceptors (Lipinski definition) is 6. The molecule has 6 nitrogen and oxygen atoms in total. The zero-order valence-electron chi connectivity index (χ0n) is 14.4. The highest BCUT2D eigenvalue weighted by Crippen LogP contribution is 2.15. The lowest BCUT2D eigenvalue weighted by Crippen LogP contribution is -2.44. The molecule has 0 saturated carbocycles. The quantitative estimate of drug-likeness (QED) is 0.874. The van der Waals surface area contributed by atoms with Crippen molar-refractivity contribution in [1.29, 1.82) is 0 Å². The first-order valence-corrected chi connectivity index (χ1v) is 8.38. The Hall–Kier alpha value is -2.34. The van der Waals surface area contributed by atoms with Gasteiger partial charge in [-0.2, -0.15) is 4.98 Å². The Morgan fingerprint density at radius 3 is 2.54 bits per heavy atom. The SMILES string of the molecule is COc1ccc(CCNc2nccc(N3CCN(C)CC3)n2)cc1. The molecule has 0 bridgehead atoms. The van der Waals surface area contributed by atoms with Crippen molar-refractivity contribution in [2.75, 3.05) is 57.1 Å². The Balaban J connectivity index is 1.52. The normalized spacial score (nSPS) is 15.3. The van der Waals surface area contributed by atoms with Crippen molar-refractivity contribution >= 4 is 11.8 Å². The zero-order valence-corrected chi connectivity index (χ0v) is 14.4. The Kier molecular flexibility index (Phi) is 5.48. The molecule has 24 heavy (non-hydrogen) atoms. The molecule has 1 fully saturated rings. The van der Waals surface area contributed by atoms with Crippen LogP contribution in [0.25, 0.3) is 0 Å². The van der Waals surface area contributed by atoms with Gasteiger partial charge >= 0.3 is 0 Å². The van der Waals surface area contributed by atoms with Crippen LogP contribution in [0.4, 0.5) is 11.8 Å². The fraction of sp³-hybridized carbons (Fsp3) is 0.444. The van der Waals surface area contributed by atoms with Crippen LogP contribution >= 0.6 is 0 Å². The summed E-state index contributed by atoms with van der Waals surface area (Å²) < 4.78 is 5.18. The molecular formula is C18H25N5O. The van der Waals surface area contributed by atoms with Gasteiger partial charge in [-0.05, 0) is 37.2 Å². The van der Waals surface area contributed by atoms with Gasteiger partial charge in [-0.3, -0.25) is 0 Å². The van der Waals surface area contributed by atoms with Crippen LogP contribution in [0.1, 0.15) is 5.56 Å². The lowest BCUT2D eigenvalue weighted by molar-refractivity contribution is 0.312. The standard InChI is InChI=1S/C18H25N5O/c1-22-11-13-23(14-12-22)17-8-10-20-18(21-17)19-9-7-15-3-5-16(24-2)6-4-15/h3-6,8,10H,7,9,11-14H2,1-2H3,(H,19,20,21). The van der Waals surface area contributed by atoms with Gasteiger partial charge < -0.3 is 19.9 Å². The smallest absolute Gasteiger partial charge is 0.224 e. The molecule has 6 heteroatoms. The van der Waals surface area contributed by atoms with Gasteiger partial charge in [-0.25, -0.2) is 4.98 Å². The molecule has 0 spiro atoms. The number of nitrogens with one attached hydrogen (secondary N) is 1. The Bertz CT molecular complexity index is 638. The highest BCUT2D eigenvalue weighted by Gasteiger charge is 2.15. The largest absolute Gasteiger partial charge is 0.497 e. The van der Waals surface area contributed by atoms with Crippen LogP contribution in [0.5, 0.6) is 5.75 Å². The summed E-state index contributed by atoms with van der Waals surface area (Å²) in [7, 11) is 3.84. The Morgan fingerprint density at radius 2 is 1.83 bits per heavy atom. The molecule has 1 aliphatic rings. The average molecular weight is 327 g/mol. The van der Waals surface area contributed by atoms with Crippen LogP contribution in [-0.4, -0.2) is 61.7 Å². The van der Waals surface area contributed by atoms with E-state index in [1.54, 1.807) is 7.11 Å². The van der Waals surface area contributed by atoms with Crippen LogP contribution in [0.3, 0.4) is 0 Å². The lowest BCUT2D eigenvalue weighted by atomic mass is 10.1. The average Bonchev–Trinajstić information content (AvgIpc) is 2.63. The van der Waals surface area contributed by atoms with E-state index in [2.05, 4.69) is 44.3 Å². The van der Waals surface area contributed by atoms with E-state index in [1.165, 1.54) is 5.56 Å². The van der Waals surface area contributed by atoms with Crippen molar-refractivity contribution < 1.29 is 4.74 Å². The van der Waals surface area contributed by atoms with Crippen molar-refractivity contribution in [3.63, 3.8) is 0 Å². The third-order valence-electron chi connectivity index (χ3n) is 4.32. The van der Waals surface area contributed by atoms with E-state index >= 15 is 0 Å². The number of ether oxygens (including phenoxy) is 1. The molecule has 0 amide bonds. The maximum absolute atomic E-state index is 5.18. The summed E-state index contributed by atoms with van der Waals surface area (Å²) in [6.07, 6.45) is 2.75. The number of piperazine rings is 1. The fourth-order valence-electron chi connectivity index (χ4n) is 2.76. The third-order valence-corrected chi connectivity index (χ3v) is 4.32. The second-order valence-corrected chi connectivity index (χ2v) is 6.05. The predicted octanol–water partition coefficient (Wildman–Crippen LogP) is 1.89. The molecule has 1 aromatic heterocycles. The van der Waals surface area contributed by atoms with Gasteiger partial charge in [-0.15, -0.1) is 0 Å². The van der Waals surface area contributed by atoms with Crippen molar-refractivity contribution in [1.82, 2.24) is 14.9 Å². The summed E-state index contributed by atoms with van der Waals surface area (Å²) >= 11 is 0. The molecule has 2 aromatic rings. The van der Waals surface area contributed by atoms with E-state index in [-0.39, 0.29) is 0 Å². The maximum atomic E-state index is 5.18. The second-order valence-electron chi connectivity index (χ2n) is 6.05. The number of hydrogen-bond donors (Lipinski definition) is 1. The first-order chi connectivity index (χ1) is 11.7. The molecule has 1 aliphatic heterocycles. The molecule has 3 rings (SSSR count). The van der Waals surface area contributed by atoms with E-state index in [9.17, 15) is 0 Å². The monoisotopic (exact) mass is 327 g/mol. The van der Waals surface area contributed by atoms with Gasteiger partial charge in [0.25, 0.3) is 0 Å². The van der Waals surface area contributed by atoms with Crippen LogP contribution in [0.2, 0.25) is 0 Å². The first kappa shape index (κ1) is 16.5. The molecular weight excluding hydrogens is 302 g/mol. The minimum absolute atomic E-state index is 0.694. The minimum Gasteiger partial charge on any atom is -0.497 e. The molecule has 0 aliphatic carbocycles. The Labute approximate surface area is 143 Å². The minimum atomic E-state index is 0.694. The van der Waals surface area contributed by atoms with Gasteiger partial charge in [-0.1, -0.05) is 12.1 Å². The van der Waals surface area contributed by atoms with Gasteiger partial charge in [0.2, 0.25) is 5.95 Å². The van der Waals surface area contributed by atoms with Gasteiger partial charge in [0.05, 0.1) is 7.11 Å². The third kappa shape index (κ3) is 4.35. The molecule has 1 N–H and O–H groups in total. The summed E-state index contributed by atoms with van der Waals surface area (Å²) in [5.41, 5.74) is 1.26. The number of likely N-dealkylation sites (N-methyl/N-ethyl adjacent to an activating group) is 1. The van der Waals surface area contributed by atoms with Crippen molar-refractivity contribution in [2.24, 2.45) is 0 Å². The first-order valence-electron chi connectivity index (χ1n) is 8.38. The molecule has 0 unspecified atom stereocenters. The van der Waals surface area contributed by atoms with Crippen LogP contribution in [0.15, 0.2) is 36.5 Å². The van der Waals surface area contributed by atoms with Crippen LogP contribution < -0.4 is 15.0 Å². The topological polar surface area (TPSA) is 53.5 Å². The molecule has 1 aromatic carbocycles. The van der Waals surface area contributed by atoms with Gasteiger partial charge in [0, 0.05) is 38.9 Å². The van der Waals surface area contributed by atoms with Crippen LogP contribution in [-0.2, 0) is 6.42 Å². The van der Waals surface area contributed by atoms with E-state index in [0.717, 1.165) is 50.7 Å².